The van der Waals surface area contributed by atoms with Crippen LogP contribution in [-0.4, -0.2) is 0 Å². The van der Waals surface area contributed by atoms with E-state index in [0.29, 0.717) is 0 Å². The van der Waals surface area contributed by atoms with Gasteiger partial charge in [0.25, 0.3) is 0 Å². The summed E-state index contributed by atoms with van der Waals surface area (Å²) in [5.74, 6) is 0. The average Bonchev–Trinajstić information content (AvgIpc) is 3.82. The van der Waals surface area contributed by atoms with E-state index in [0.717, 1.165) is 22.7 Å². The predicted octanol–water partition coefficient (Wildman–Crippen LogP) is 16.4. The van der Waals surface area contributed by atoms with Crippen LogP contribution in [0.5, 0.6) is 0 Å². The van der Waals surface area contributed by atoms with Crippen LogP contribution in [-0.2, 0) is 5.41 Å². The first-order valence-corrected chi connectivity index (χ1v) is 21.9. The number of hydrogen-bond donors (Lipinski definition) is 0. The largest absolute Gasteiger partial charge is 0.310 e. The van der Waals surface area contributed by atoms with Crippen LogP contribution < -0.4 is 9.80 Å². The SMILES string of the molecule is c1ccc2c(c1)-c1ccccc1C21c2ccccc2-c2ccc(N(c3ccc(N4c5ccc6ccccc6c5-c5cccc6cccc4c56)cc3)c3cccc4ccccc34)cc21. The second-order valence-corrected chi connectivity index (χ2v) is 17.2. The Morgan fingerprint density at radius 1 is 0.333 bits per heavy atom. The van der Waals surface area contributed by atoms with Crippen LogP contribution in [0.25, 0.3) is 65.7 Å². The first-order chi connectivity index (χ1) is 31.3. The fraction of sp³-hybridized carbons (Fsp3) is 0.0164. The van der Waals surface area contributed by atoms with Crippen molar-refractivity contribution in [3.8, 4) is 33.4 Å². The molecule has 0 N–H and O–H groups in total. The topological polar surface area (TPSA) is 6.48 Å². The molecule has 0 aromatic heterocycles. The lowest BCUT2D eigenvalue weighted by atomic mass is 9.70. The highest BCUT2D eigenvalue weighted by Crippen LogP contribution is 2.63. The summed E-state index contributed by atoms with van der Waals surface area (Å²) in [5, 5.41) is 7.47. The maximum absolute atomic E-state index is 2.49. The summed E-state index contributed by atoms with van der Waals surface area (Å²) in [7, 11) is 0. The summed E-state index contributed by atoms with van der Waals surface area (Å²) in [5.41, 5.74) is 19.6. The summed E-state index contributed by atoms with van der Waals surface area (Å²) in [6.45, 7) is 0. The molecule has 0 amide bonds. The van der Waals surface area contributed by atoms with Gasteiger partial charge in [0, 0.05) is 33.4 Å². The molecule has 1 spiro atoms. The van der Waals surface area contributed by atoms with Gasteiger partial charge >= 0.3 is 0 Å². The zero-order valence-corrected chi connectivity index (χ0v) is 34.3. The molecule has 0 bridgehead atoms. The number of anilines is 6. The van der Waals surface area contributed by atoms with E-state index >= 15 is 0 Å². The summed E-state index contributed by atoms with van der Waals surface area (Å²) >= 11 is 0. The Morgan fingerprint density at radius 2 is 0.857 bits per heavy atom. The number of nitrogens with zero attached hydrogens (tertiary/aromatic N) is 2. The zero-order chi connectivity index (χ0) is 41.2. The Morgan fingerprint density at radius 3 is 1.57 bits per heavy atom. The van der Waals surface area contributed by atoms with Gasteiger partial charge in [-0.15, -0.1) is 0 Å². The van der Waals surface area contributed by atoms with Crippen molar-refractivity contribution in [2.45, 2.75) is 5.41 Å². The maximum Gasteiger partial charge on any atom is 0.0726 e. The van der Waals surface area contributed by atoms with Gasteiger partial charge in [-0.1, -0.05) is 176 Å². The Hall–Kier alpha value is -8.20. The van der Waals surface area contributed by atoms with E-state index in [-0.39, 0.29) is 0 Å². The number of fused-ring (bicyclic) bond motifs is 15. The van der Waals surface area contributed by atoms with Crippen molar-refractivity contribution >= 4 is 66.4 Å². The third kappa shape index (κ3) is 4.62. The normalized spacial score (nSPS) is 13.5. The van der Waals surface area contributed by atoms with E-state index in [1.54, 1.807) is 0 Å². The molecule has 11 aromatic rings. The minimum Gasteiger partial charge on any atom is -0.310 e. The molecular formula is C61H38N2. The molecule has 0 saturated heterocycles. The van der Waals surface area contributed by atoms with Crippen LogP contribution in [0.3, 0.4) is 0 Å². The van der Waals surface area contributed by atoms with E-state index in [1.807, 2.05) is 0 Å². The Labute approximate surface area is 366 Å². The molecule has 14 rings (SSSR count). The van der Waals surface area contributed by atoms with Gasteiger partial charge in [-0.2, -0.15) is 0 Å². The Balaban J connectivity index is 0.988. The van der Waals surface area contributed by atoms with Crippen LogP contribution in [0.1, 0.15) is 22.3 Å². The zero-order valence-electron chi connectivity index (χ0n) is 34.3. The molecule has 0 atom stereocenters. The van der Waals surface area contributed by atoms with E-state index < -0.39 is 5.41 Å². The minimum atomic E-state index is -0.438. The lowest BCUT2D eigenvalue weighted by molar-refractivity contribution is 0.793. The van der Waals surface area contributed by atoms with Gasteiger partial charge in [-0.05, 0) is 126 Å². The monoisotopic (exact) mass is 798 g/mol. The van der Waals surface area contributed by atoms with Crippen LogP contribution >= 0.6 is 0 Å². The molecule has 0 unspecified atom stereocenters. The molecule has 63 heavy (non-hydrogen) atoms. The van der Waals surface area contributed by atoms with Crippen LogP contribution in [0, 0.1) is 0 Å². The lowest BCUT2D eigenvalue weighted by Gasteiger charge is -2.35. The molecule has 1 heterocycles. The quantitative estimate of drug-likeness (QED) is 0.175. The second kappa shape index (κ2) is 12.9. The highest BCUT2D eigenvalue weighted by molar-refractivity contribution is 6.19. The first-order valence-electron chi connectivity index (χ1n) is 21.9. The summed E-state index contributed by atoms with van der Waals surface area (Å²) in [6, 6.07) is 85.9. The average molecular weight is 799 g/mol. The Kier molecular flexibility index (Phi) is 7.07. The van der Waals surface area contributed by atoms with Gasteiger partial charge in [-0.25, -0.2) is 0 Å². The van der Waals surface area contributed by atoms with Crippen molar-refractivity contribution in [2.24, 2.45) is 0 Å². The van der Waals surface area contributed by atoms with E-state index in [4.69, 9.17) is 0 Å². The fourth-order valence-electron chi connectivity index (χ4n) is 11.7. The highest BCUT2D eigenvalue weighted by atomic mass is 15.2. The molecule has 3 aliphatic rings. The van der Waals surface area contributed by atoms with Crippen LogP contribution in [0.4, 0.5) is 34.1 Å². The van der Waals surface area contributed by atoms with Gasteiger partial charge in [0.2, 0.25) is 0 Å². The number of hydrogen-bond acceptors (Lipinski definition) is 2. The fourth-order valence-corrected chi connectivity index (χ4v) is 11.7. The molecular weight excluding hydrogens is 761 g/mol. The van der Waals surface area contributed by atoms with Gasteiger partial charge < -0.3 is 9.80 Å². The predicted molar refractivity (Wildman–Crippen MR) is 264 cm³/mol. The van der Waals surface area contributed by atoms with Gasteiger partial charge in [0.05, 0.1) is 22.5 Å². The molecule has 11 aromatic carbocycles. The van der Waals surface area contributed by atoms with Gasteiger partial charge in [-0.3, -0.25) is 0 Å². The molecule has 2 aliphatic carbocycles. The van der Waals surface area contributed by atoms with Gasteiger partial charge in [0.15, 0.2) is 0 Å². The van der Waals surface area contributed by atoms with E-state index in [1.165, 1.54) is 99.3 Å². The molecule has 292 valence electrons. The highest BCUT2D eigenvalue weighted by Gasteiger charge is 2.51. The molecule has 0 fully saturated rings. The molecule has 0 saturated carbocycles. The van der Waals surface area contributed by atoms with Gasteiger partial charge in [0.1, 0.15) is 0 Å². The van der Waals surface area contributed by atoms with Crippen molar-refractivity contribution in [3.05, 3.63) is 253 Å². The standard InChI is InChI=1S/C61H38N2/c1-3-19-45-39(14-1)16-12-28-56(45)62(44-35-36-50-49-23-7-10-27-54(49)61(55(50)38-44)52-25-8-5-21-47(52)48-22-6-9-26-53(48)61)42-31-33-43(34-32-42)63-57-29-13-18-41-17-11-24-51(59(41)57)60-46-20-4-2-15-40(46)30-37-58(60)63/h1-38H. The van der Waals surface area contributed by atoms with Crippen molar-refractivity contribution < 1.29 is 0 Å². The first kappa shape index (κ1) is 34.5. The lowest BCUT2D eigenvalue weighted by Crippen LogP contribution is -2.26. The van der Waals surface area contributed by atoms with E-state index in [2.05, 4.69) is 240 Å². The van der Waals surface area contributed by atoms with Crippen molar-refractivity contribution in [1.82, 2.24) is 0 Å². The van der Waals surface area contributed by atoms with Crippen molar-refractivity contribution in [3.63, 3.8) is 0 Å². The number of rotatable bonds is 4. The minimum absolute atomic E-state index is 0.438. The number of benzene rings is 11. The third-order valence-corrected chi connectivity index (χ3v) is 14.2. The molecule has 2 heteroatoms. The van der Waals surface area contributed by atoms with E-state index in [9.17, 15) is 0 Å². The molecule has 1 aliphatic heterocycles. The molecule has 2 nitrogen and oxygen atoms in total. The smallest absolute Gasteiger partial charge is 0.0726 e. The van der Waals surface area contributed by atoms with Crippen molar-refractivity contribution in [2.75, 3.05) is 9.80 Å². The van der Waals surface area contributed by atoms with Crippen LogP contribution in [0.15, 0.2) is 231 Å². The maximum atomic E-state index is 2.49. The van der Waals surface area contributed by atoms with Crippen molar-refractivity contribution in [1.29, 1.82) is 0 Å². The van der Waals surface area contributed by atoms with Crippen LogP contribution in [0.2, 0.25) is 0 Å². The Bertz CT molecular complexity index is 3640. The summed E-state index contributed by atoms with van der Waals surface area (Å²) in [4.78, 5) is 4.94. The second-order valence-electron chi connectivity index (χ2n) is 17.2. The molecule has 0 radical (unpaired) electrons. The third-order valence-electron chi connectivity index (χ3n) is 14.2. The summed E-state index contributed by atoms with van der Waals surface area (Å²) in [6.07, 6.45) is 0. The summed E-state index contributed by atoms with van der Waals surface area (Å²) < 4.78 is 0.